The second kappa shape index (κ2) is 5.23. The van der Waals surface area contributed by atoms with Gasteiger partial charge in [0, 0.05) is 6.42 Å². The fourth-order valence-corrected chi connectivity index (χ4v) is 1.68. The molecule has 2 rings (SSSR count). The Morgan fingerprint density at radius 1 is 1.32 bits per heavy atom. The molecule has 0 bridgehead atoms. The summed E-state index contributed by atoms with van der Waals surface area (Å²) in [7, 11) is -3.66. The molecule has 6 nitrogen and oxygen atoms in total. The van der Waals surface area contributed by atoms with Crippen LogP contribution in [0.4, 0.5) is 0 Å². The van der Waals surface area contributed by atoms with Crippen LogP contribution in [0.25, 0.3) is 0 Å². The molecule has 0 atom stereocenters. The predicted molar refractivity (Wildman–Crippen MR) is 67.7 cm³/mol. The van der Waals surface area contributed by atoms with Crippen molar-refractivity contribution >= 4 is 22.0 Å². The summed E-state index contributed by atoms with van der Waals surface area (Å²) in [5.41, 5.74) is 0.760. The summed E-state index contributed by atoms with van der Waals surface area (Å²) in [4.78, 5) is 15.3. The maximum absolute atomic E-state index is 11.4. The summed E-state index contributed by atoms with van der Waals surface area (Å²) in [6.07, 6.45) is 2.00. The number of carbonyl (C=O) groups excluding carboxylic acids is 1. The molecule has 1 heterocycles. The van der Waals surface area contributed by atoms with Crippen molar-refractivity contribution in [3.63, 3.8) is 0 Å². The topological polar surface area (TPSA) is 82.0 Å². The Labute approximate surface area is 110 Å². The fraction of sp³-hybridized carbons (Fsp3) is 0.167. The minimum Gasteiger partial charge on any atom is -0.406 e. The van der Waals surface area contributed by atoms with Gasteiger partial charge in [-0.15, -0.1) is 0 Å². The number of rotatable bonds is 4. The van der Waals surface area contributed by atoms with Gasteiger partial charge in [-0.1, -0.05) is 30.3 Å². The molecule has 1 aromatic rings. The maximum Gasteiger partial charge on any atom is 0.366 e. The standard InChI is InChI=1S/C12H11NO5S/c1-19(15,16)17-8-10-12(14)18-11(13-10)7-9-5-3-2-4-6-9/h2-6,8H,7H2,1H3. The van der Waals surface area contributed by atoms with Crippen LogP contribution in [0.2, 0.25) is 0 Å². The molecule has 7 heteroatoms. The van der Waals surface area contributed by atoms with E-state index in [-0.39, 0.29) is 11.6 Å². The Kier molecular flexibility index (Phi) is 3.66. The smallest absolute Gasteiger partial charge is 0.366 e. The van der Waals surface area contributed by atoms with Gasteiger partial charge in [-0.3, -0.25) is 0 Å². The first-order valence-corrected chi connectivity index (χ1v) is 7.18. The second-order valence-electron chi connectivity index (χ2n) is 3.86. The van der Waals surface area contributed by atoms with Gasteiger partial charge in [0.05, 0.1) is 6.26 Å². The molecule has 0 fully saturated rings. The number of hydrogen-bond acceptors (Lipinski definition) is 6. The Balaban J connectivity index is 2.11. The molecule has 0 aromatic heterocycles. The van der Waals surface area contributed by atoms with Gasteiger partial charge in [0.25, 0.3) is 0 Å². The quantitative estimate of drug-likeness (QED) is 0.356. The van der Waals surface area contributed by atoms with E-state index in [0.29, 0.717) is 6.42 Å². The SMILES string of the molecule is CS(=O)(=O)OC=C1N=C(Cc2ccccc2)OC1=O. The van der Waals surface area contributed by atoms with Gasteiger partial charge in [0.1, 0.15) is 6.26 Å². The van der Waals surface area contributed by atoms with Crippen molar-refractivity contribution in [3.8, 4) is 0 Å². The first kappa shape index (κ1) is 13.3. The van der Waals surface area contributed by atoms with Gasteiger partial charge in [-0.05, 0) is 5.56 Å². The number of benzene rings is 1. The summed E-state index contributed by atoms with van der Waals surface area (Å²) >= 11 is 0. The van der Waals surface area contributed by atoms with Gasteiger partial charge in [-0.2, -0.15) is 8.42 Å². The van der Waals surface area contributed by atoms with E-state index in [1.165, 1.54) is 0 Å². The van der Waals surface area contributed by atoms with E-state index in [2.05, 4.69) is 9.18 Å². The third-order valence-electron chi connectivity index (χ3n) is 2.20. The molecule has 19 heavy (non-hydrogen) atoms. The van der Waals surface area contributed by atoms with Crippen molar-refractivity contribution in [1.29, 1.82) is 0 Å². The zero-order chi connectivity index (χ0) is 13.9. The van der Waals surface area contributed by atoms with Gasteiger partial charge in [0.2, 0.25) is 5.90 Å². The average molecular weight is 281 g/mol. The monoisotopic (exact) mass is 281 g/mol. The lowest BCUT2D eigenvalue weighted by molar-refractivity contribution is -0.130. The molecule has 1 aliphatic heterocycles. The zero-order valence-corrected chi connectivity index (χ0v) is 10.9. The van der Waals surface area contributed by atoms with Crippen LogP contribution in [0.5, 0.6) is 0 Å². The molecular formula is C12H11NO5S. The van der Waals surface area contributed by atoms with Gasteiger partial charge in [-0.25, -0.2) is 9.79 Å². The predicted octanol–water partition coefficient (Wildman–Crippen LogP) is 1.00. The van der Waals surface area contributed by atoms with E-state index in [9.17, 15) is 13.2 Å². The molecule has 0 aliphatic carbocycles. The van der Waals surface area contributed by atoms with Crippen LogP contribution in [0.15, 0.2) is 47.3 Å². The molecule has 0 spiro atoms. The molecule has 0 radical (unpaired) electrons. The van der Waals surface area contributed by atoms with Gasteiger partial charge < -0.3 is 8.92 Å². The summed E-state index contributed by atoms with van der Waals surface area (Å²) < 4.78 is 30.9. The number of aliphatic imine (C=N–C) groups is 1. The molecule has 0 amide bonds. The van der Waals surface area contributed by atoms with Crippen LogP contribution in [-0.2, 0) is 30.3 Å². The minimum atomic E-state index is -3.66. The lowest BCUT2D eigenvalue weighted by Crippen LogP contribution is -2.07. The zero-order valence-electron chi connectivity index (χ0n) is 10.1. The van der Waals surface area contributed by atoms with Crippen molar-refractivity contribution < 1.29 is 22.1 Å². The number of nitrogens with zero attached hydrogens (tertiary/aromatic N) is 1. The minimum absolute atomic E-state index is 0.170. The van der Waals surface area contributed by atoms with Crippen LogP contribution in [0, 0.1) is 0 Å². The van der Waals surface area contributed by atoms with Crippen molar-refractivity contribution in [3.05, 3.63) is 47.9 Å². The second-order valence-corrected chi connectivity index (χ2v) is 5.46. The van der Waals surface area contributed by atoms with Gasteiger partial charge >= 0.3 is 16.1 Å². The Morgan fingerprint density at radius 2 is 2.00 bits per heavy atom. The number of esters is 1. The van der Waals surface area contributed by atoms with E-state index in [4.69, 9.17) is 4.74 Å². The molecule has 0 saturated carbocycles. The Hall–Kier alpha value is -2.15. The fourth-order valence-electron chi connectivity index (χ4n) is 1.42. The first-order chi connectivity index (χ1) is 8.94. The van der Waals surface area contributed by atoms with Crippen LogP contribution in [0.3, 0.4) is 0 Å². The number of ether oxygens (including phenoxy) is 1. The third kappa shape index (κ3) is 3.92. The third-order valence-corrected chi connectivity index (χ3v) is 2.64. The normalized spacial score (nSPS) is 17.2. The summed E-state index contributed by atoms with van der Waals surface area (Å²) in [5, 5.41) is 0. The van der Waals surface area contributed by atoms with Crippen LogP contribution >= 0.6 is 0 Å². The summed E-state index contributed by atoms with van der Waals surface area (Å²) in [5.74, 6) is -0.519. The number of carbonyl (C=O) groups is 1. The van der Waals surface area contributed by atoms with E-state index < -0.39 is 16.1 Å². The Morgan fingerprint density at radius 3 is 2.63 bits per heavy atom. The molecular weight excluding hydrogens is 270 g/mol. The largest absolute Gasteiger partial charge is 0.406 e. The van der Waals surface area contributed by atoms with E-state index in [1.807, 2.05) is 30.3 Å². The highest BCUT2D eigenvalue weighted by Crippen LogP contribution is 2.14. The highest BCUT2D eigenvalue weighted by molar-refractivity contribution is 7.86. The lowest BCUT2D eigenvalue weighted by atomic mass is 10.1. The molecule has 0 saturated heterocycles. The van der Waals surface area contributed by atoms with E-state index in [0.717, 1.165) is 18.1 Å². The summed E-state index contributed by atoms with van der Waals surface area (Å²) in [6, 6.07) is 9.32. The average Bonchev–Trinajstić information content (AvgIpc) is 2.67. The molecule has 0 N–H and O–H groups in total. The molecule has 100 valence electrons. The van der Waals surface area contributed by atoms with Crippen molar-refractivity contribution in [2.24, 2.45) is 4.99 Å². The maximum atomic E-state index is 11.4. The highest BCUT2D eigenvalue weighted by Gasteiger charge is 2.24. The molecule has 1 aromatic carbocycles. The molecule has 0 unspecified atom stereocenters. The van der Waals surface area contributed by atoms with Crippen molar-refractivity contribution in [2.75, 3.05) is 6.26 Å². The first-order valence-electron chi connectivity index (χ1n) is 5.36. The van der Waals surface area contributed by atoms with Crippen molar-refractivity contribution in [2.45, 2.75) is 6.42 Å². The van der Waals surface area contributed by atoms with E-state index >= 15 is 0 Å². The van der Waals surface area contributed by atoms with Crippen LogP contribution < -0.4 is 0 Å². The van der Waals surface area contributed by atoms with Crippen LogP contribution in [0.1, 0.15) is 5.56 Å². The van der Waals surface area contributed by atoms with Crippen LogP contribution in [-0.4, -0.2) is 26.5 Å². The summed E-state index contributed by atoms with van der Waals surface area (Å²) in [6.45, 7) is 0. The lowest BCUT2D eigenvalue weighted by Gasteiger charge is -1.98. The highest BCUT2D eigenvalue weighted by atomic mass is 32.2. The number of hydrogen-bond donors (Lipinski definition) is 0. The van der Waals surface area contributed by atoms with E-state index in [1.54, 1.807) is 0 Å². The number of cyclic esters (lactones) is 1. The van der Waals surface area contributed by atoms with Gasteiger partial charge in [0.15, 0.2) is 5.70 Å². The van der Waals surface area contributed by atoms with Crippen molar-refractivity contribution in [1.82, 2.24) is 0 Å². The Bertz CT molecular complexity index is 646. The molecule has 1 aliphatic rings.